The van der Waals surface area contributed by atoms with E-state index in [1.807, 2.05) is 4.68 Å². The predicted molar refractivity (Wildman–Crippen MR) is 80.8 cm³/mol. The summed E-state index contributed by atoms with van der Waals surface area (Å²) in [5.74, 6) is 0.801. The summed E-state index contributed by atoms with van der Waals surface area (Å²) in [4.78, 5) is 7.68. The quantitative estimate of drug-likeness (QED) is 0.764. The van der Waals surface area contributed by atoms with Crippen molar-refractivity contribution in [2.75, 3.05) is 5.32 Å². The maximum Gasteiger partial charge on any atom is 0.221 e. The lowest BCUT2D eigenvalue weighted by atomic mass is 10.1. The minimum atomic E-state index is 0.296. The summed E-state index contributed by atoms with van der Waals surface area (Å²) in [6, 6.07) is 8.78. The Labute approximate surface area is 118 Å². The first-order chi connectivity index (χ1) is 9.65. The minimum Gasteiger partial charge on any atom is -0.357 e. The number of aromatic nitrogens is 4. The third-order valence-electron chi connectivity index (χ3n) is 3.44. The van der Waals surface area contributed by atoms with Crippen molar-refractivity contribution in [1.82, 2.24) is 19.7 Å². The van der Waals surface area contributed by atoms with E-state index >= 15 is 0 Å². The molecule has 2 aromatic heterocycles. The van der Waals surface area contributed by atoms with Gasteiger partial charge in [-0.2, -0.15) is 10.1 Å². The van der Waals surface area contributed by atoms with E-state index in [1.165, 1.54) is 16.5 Å². The van der Waals surface area contributed by atoms with Gasteiger partial charge >= 0.3 is 0 Å². The van der Waals surface area contributed by atoms with Crippen LogP contribution in [0.25, 0.3) is 10.9 Å². The van der Waals surface area contributed by atoms with Crippen LogP contribution in [0, 0.1) is 6.92 Å². The molecule has 2 N–H and O–H groups in total. The van der Waals surface area contributed by atoms with Gasteiger partial charge in [-0.1, -0.05) is 12.1 Å². The Kier molecular flexibility index (Phi) is 3.18. The van der Waals surface area contributed by atoms with Crippen molar-refractivity contribution in [2.45, 2.75) is 33.4 Å². The largest absolute Gasteiger partial charge is 0.357 e. The van der Waals surface area contributed by atoms with Crippen LogP contribution < -0.4 is 5.32 Å². The van der Waals surface area contributed by atoms with Gasteiger partial charge in [-0.05, 0) is 38.5 Å². The Morgan fingerprint density at radius 3 is 2.95 bits per heavy atom. The number of hydrogen-bond donors (Lipinski definition) is 2. The van der Waals surface area contributed by atoms with Crippen LogP contribution in [0.15, 0.2) is 30.6 Å². The first kappa shape index (κ1) is 12.7. The number of anilines is 1. The molecule has 0 radical (unpaired) electrons. The molecule has 5 nitrogen and oxygen atoms in total. The van der Waals surface area contributed by atoms with E-state index in [4.69, 9.17) is 0 Å². The molecule has 2 heterocycles. The van der Waals surface area contributed by atoms with Crippen molar-refractivity contribution in [3.8, 4) is 0 Å². The number of benzene rings is 1. The first-order valence-corrected chi connectivity index (χ1v) is 6.85. The summed E-state index contributed by atoms with van der Waals surface area (Å²) >= 11 is 0. The van der Waals surface area contributed by atoms with Gasteiger partial charge < -0.3 is 10.3 Å². The molecular formula is C15H19N5. The number of nitrogens with zero attached hydrogens (tertiary/aromatic N) is 3. The lowest BCUT2D eigenvalue weighted by Crippen LogP contribution is -2.10. The van der Waals surface area contributed by atoms with Gasteiger partial charge in [0.1, 0.15) is 6.33 Å². The van der Waals surface area contributed by atoms with E-state index in [0.29, 0.717) is 12.6 Å². The second-order valence-corrected chi connectivity index (χ2v) is 5.31. The van der Waals surface area contributed by atoms with Crippen LogP contribution in [-0.4, -0.2) is 19.7 Å². The van der Waals surface area contributed by atoms with Gasteiger partial charge in [-0.15, -0.1) is 0 Å². The zero-order chi connectivity index (χ0) is 14.1. The maximum atomic E-state index is 4.25. The fourth-order valence-electron chi connectivity index (χ4n) is 2.39. The number of hydrogen-bond acceptors (Lipinski definition) is 3. The Morgan fingerprint density at radius 1 is 1.35 bits per heavy atom. The standard InChI is InChI=1S/C15H19N5/c1-10(2)20-15(17-9-18-20)16-8-12-7-13-11(3)5-4-6-14(13)19-12/h4-7,9-10,19H,8H2,1-3H3,(H,16,17,18). The molecule has 1 aromatic carbocycles. The molecule has 104 valence electrons. The van der Waals surface area contributed by atoms with E-state index in [2.05, 4.69) is 65.4 Å². The molecule has 20 heavy (non-hydrogen) atoms. The highest BCUT2D eigenvalue weighted by atomic mass is 15.4. The van der Waals surface area contributed by atoms with Crippen molar-refractivity contribution in [3.63, 3.8) is 0 Å². The third-order valence-corrected chi connectivity index (χ3v) is 3.44. The van der Waals surface area contributed by atoms with Gasteiger partial charge in [0, 0.05) is 16.6 Å². The Morgan fingerprint density at radius 2 is 2.20 bits per heavy atom. The predicted octanol–water partition coefficient (Wildman–Crippen LogP) is 3.26. The Hall–Kier alpha value is -2.30. The second kappa shape index (κ2) is 5.00. The van der Waals surface area contributed by atoms with E-state index in [1.54, 1.807) is 6.33 Å². The molecule has 0 bridgehead atoms. The topological polar surface area (TPSA) is 58.5 Å². The number of aryl methyl sites for hydroxylation is 1. The lowest BCUT2D eigenvalue weighted by molar-refractivity contribution is 0.536. The minimum absolute atomic E-state index is 0.296. The average Bonchev–Trinajstić information content (AvgIpc) is 3.03. The molecule has 0 fully saturated rings. The highest BCUT2D eigenvalue weighted by Crippen LogP contribution is 2.20. The van der Waals surface area contributed by atoms with Gasteiger partial charge in [0.15, 0.2) is 0 Å². The number of H-pyrrole nitrogens is 1. The third kappa shape index (κ3) is 2.27. The van der Waals surface area contributed by atoms with Crippen molar-refractivity contribution in [2.24, 2.45) is 0 Å². The van der Waals surface area contributed by atoms with Crippen LogP contribution in [0.4, 0.5) is 5.95 Å². The number of rotatable bonds is 4. The number of nitrogens with one attached hydrogen (secondary N) is 2. The molecule has 0 saturated carbocycles. The summed E-state index contributed by atoms with van der Waals surface area (Å²) in [7, 11) is 0. The van der Waals surface area contributed by atoms with E-state index in [-0.39, 0.29) is 0 Å². The molecule has 0 spiro atoms. The molecule has 0 saturated heterocycles. The smallest absolute Gasteiger partial charge is 0.221 e. The highest BCUT2D eigenvalue weighted by Gasteiger charge is 2.08. The lowest BCUT2D eigenvalue weighted by Gasteiger charge is -2.10. The Balaban J connectivity index is 1.80. The van der Waals surface area contributed by atoms with Crippen molar-refractivity contribution in [3.05, 3.63) is 41.9 Å². The van der Waals surface area contributed by atoms with E-state index in [0.717, 1.165) is 11.6 Å². The average molecular weight is 269 g/mol. The van der Waals surface area contributed by atoms with Crippen molar-refractivity contribution >= 4 is 16.9 Å². The van der Waals surface area contributed by atoms with Gasteiger partial charge in [0.2, 0.25) is 5.95 Å². The van der Waals surface area contributed by atoms with Gasteiger partial charge in [-0.25, -0.2) is 4.68 Å². The summed E-state index contributed by atoms with van der Waals surface area (Å²) in [6.07, 6.45) is 1.58. The van der Waals surface area contributed by atoms with Crippen LogP contribution in [0.5, 0.6) is 0 Å². The molecule has 0 amide bonds. The highest BCUT2D eigenvalue weighted by molar-refractivity contribution is 5.83. The normalized spacial score (nSPS) is 11.4. The first-order valence-electron chi connectivity index (χ1n) is 6.85. The molecule has 0 unspecified atom stereocenters. The summed E-state index contributed by atoms with van der Waals surface area (Å²) < 4.78 is 1.88. The molecule has 0 aliphatic carbocycles. The van der Waals surface area contributed by atoms with E-state index < -0.39 is 0 Å². The zero-order valence-corrected chi connectivity index (χ0v) is 12.0. The van der Waals surface area contributed by atoms with Crippen molar-refractivity contribution < 1.29 is 0 Å². The molecule has 3 aromatic rings. The summed E-state index contributed by atoms with van der Waals surface area (Å²) in [6.45, 7) is 7.01. The number of aromatic amines is 1. The van der Waals surface area contributed by atoms with Crippen LogP contribution in [0.3, 0.4) is 0 Å². The molecule has 0 aliphatic rings. The SMILES string of the molecule is Cc1cccc2[nH]c(CNc3ncnn3C(C)C)cc12. The summed E-state index contributed by atoms with van der Waals surface area (Å²) in [5, 5.41) is 8.82. The summed E-state index contributed by atoms with van der Waals surface area (Å²) in [5.41, 5.74) is 3.61. The molecular weight excluding hydrogens is 250 g/mol. The number of fused-ring (bicyclic) bond motifs is 1. The second-order valence-electron chi connectivity index (χ2n) is 5.31. The van der Waals surface area contributed by atoms with Crippen molar-refractivity contribution in [1.29, 1.82) is 0 Å². The zero-order valence-electron chi connectivity index (χ0n) is 12.0. The van der Waals surface area contributed by atoms with E-state index in [9.17, 15) is 0 Å². The fourth-order valence-corrected chi connectivity index (χ4v) is 2.39. The van der Waals surface area contributed by atoms with Crippen LogP contribution in [-0.2, 0) is 6.54 Å². The molecule has 0 atom stereocenters. The van der Waals surface area contributed by atoms with Gasteiger partial charge in [0.25, 0.3) is 0 Å². The monoisotopic (exact) mass is 269 g/mol. The van der Waals surface area contributed by atoms with Gasteiger partial charge in [0.05, 0.1) is 12.6 Å². The van der Waals surface area contributed by atoms with Gasteiger partial charge in [-0.3, -0.25) is 0 Å². The Bertz CT molecular complexity index is 723. The maximum absolute atomic E-state index is 4.25. The molecule has 5 heteroatoms. The molecule has 0 aliphatic heterocycles. The molecule has 3 rings (SSSR count). The van der Waals surface area contributed by atoms with Crippen LogP contribution in [0.2, 0.25) is 0 Å². The van der Waals surface area contributed by atoms with Crippen LogP contribution >= 0.6 is 0 Å². The fraction of sp³-hybridized carbons (Fsp3) is 0.333. The van der Waals surface area contributed by atoms with Crippen LogP contribution in [0.1, 0.15) is 31.1 Å².